The van der Waals surface area contributed by atoms with Crippen LogP contribution in [0.5, 0.6) is 0 Å². The van der Waals surface area contributed by atoms with Crippen molar-refractivity contribution in [2.75, 3.05) is 0 Å². The van der Waals surface area contributed by atoms with Gasteiger partial charge < -0.3 is 0 Å². The third kappa shape index (κ3) is 2.72. The molecule has 0 saturated carbocycles. The molecule has 3 nitrogen and oxygen atoms in total. The van der Waals surface area contributed by atoms with Gasteiger partial charge in [-0.25, -0.2) is 4.98 Å². The molecule has 0 bridgehead atoms. The van der Waals surface area contributed by atoms with Crippen molar-refractivity contribution in [1.29, 1.82) is 0 Å². The van der Waals surface area contributed by atoms with E-state index in [1.54, 1.807) is 12.1 Å². The Kier molecular flexibility index (Phi) is 3.44. The molecule has 3 aromatic rings. The van der Waals surface area contributed by atoms with Gasteiger partial charge in [0.05, 0.1) is 17.1 Å². The lowest BCUT2D eigenvalue weighted by Gasteiger charge is -2.05. The second-order valence-electron chi connectivity index (χ2n) is 4.81. The van der Waals surface area contributed by atoms with Crippen molar-refractivity contribution in [2.45, 2.75) is 6.18 Å². The summed E-state index contributed by atoms with van der Waals surface area (Å²) in [6.45, 7) is 0. The second kappa shape index (κ2) is 5.29. The summed E-state index contributed by atoms with van der Waals surface area (Å²) in [5, 5.41) is 3.51. The highest BCUT2D eigenvalue weighted by atomic mass is 19.4. The molecule has 0 unspecified atom stereocenters. The highest BCUT2D eigenvalue weighted by Gasteiger charge is 2.34. The molecular formula is C16H12F3N3. The molecule has 3 rings (SSSR count). The fourth-order valence-corrected chi connectivity index (χ4v) is 2.19. The van der Waals surface area contributed by atoms with Crippen LogP contribution in [-0.4, -0.2) is 14.8 Å². The highest BCUT2D eigenvalue weighted by Crippen LogP contribution is 2.31. The van der Waals surface area contributed by atoms with Crippen LogP contribution in [0.2, 0.25) is 0 Å². The third-order valence-electron chi connectivity index (χ3n) is 3.25. The molecule has 0 amide bonds. The summed E-state index contributed by atoms with van der Waals surface area (Å²) in [7, 11) is 1.47. The van der Waals surface area contributed by atoms with E-state index in [0.29, 0.717) is 17.1 Å². The van der Waals surface area contributed by atoms with Gasteiger partial charge in [-0.1, -0.05) is 36.4 Å². The van der Waals surface area contributed by atoms with E-state index >= 15 is 0 Å². The van der Waals surface area contributed by atoms with Crippen LogP contribution in [0.25, 0.3) is 22.6 Å². The quantitative estimate of drug-likeness (QED) is 0.711. The zero-order valence-electron chi connectivity index (χ0n) is 11.7. The molecule has 0 spiro atoms. The van der Waals surface area contributed by atoms with Crippen LogP contribution in [-0.2, 0) is 13.2 Å². The Hall–Kier alpha value is -2.63. The van der Waals surface area contributed by atoms with Crippen molar-refractivity contribution in [2.24, 2.45) is 7.05 Å². The van der Waals surface area contributed by atoms with Crippen molar-refractivity contribution >= 4 is 0 Å². The van der Waals surface area contributed by atoms with Gasteiger partial charge in [0.25, 0.3) is 0 Å². The Balaban J connectivity index is 2.05. The van der Waals surface area contributed by atoms with E-state index in [1.165, 1.54) is 11.7 Å². The maximum Gasteiger partial charge on any atom is 0.435 e. The van der Waals surface area contributed by atoms with Crippen LogP contribution in [0.15, 0.2) is 54.6 Å². The van der Waals surface area contributed by atoms with Gasteiger partial charge in [0.15, 0.2) is 5.69 Å². The molecule has 0 aliphatic heterocycles. The van der Waals surface area contributed by atoms with E-state index < -0.39 is 11.9 Å². The molecule has 0 N–H and O–H groups in total. The Morgan fingerprint density at radius 1 is 0.909 bits per heavy atom. The lowest BCUT2D eigenvalue weighted by atomic mass is 10.1. The molecule has 0 saturated heterocycles. The highest BCUT2D eigenvalue weighted by molar-refractivity contribution is 5.64. The molecule has 112 valence electrons. The molecule has 2 heterocycles. The SMILES string of the molecule is Cn1nc(C(F)(F)F)cc1-c1cccc(-c2ccccc2)n1. The Morgan fingerprint density at radius 2 is 1.59 bits per heavy atom. The van der Waals surface area contributed by atoms with Gasteiger partial charge in [-0.15, -0.1) is 0 Å². The van der Waals surface area contributed by atoms with Gasteiger partial charge >= 0.3 is 6.18 Å². The lowest BCUT2D eigenvalue weighted by Crippen LogP contribution is -2.06. The number of nitrogens with zero attached hydrogens (tertiary/aromatic N) is 3. The number of hydrogen-bond acceptors (Lipinski definition) is 2. The summed E-state index contributed by atoms with van der Waals surface area (Å²) < 4.78 is 39.4. The van der Waals surface area contributed by atoms with E-state index in [-0.39, 0.29) is 0 Å². The third-order valence-corrected chi connectivity index (χ3v) is 3.25. The predicted molar refractivity (Wildman–Crippen MR) is 76.9 cm³/mol. The van der Waals surface area contributed by atoms with Crippen molar-refractivity contribution in [1.82, 2.24) is 14.8 Å². The average Bonchev–Trinajstić information content (AvgIpc) is 2.90. The summed E-state index contributed by atoms with van der Waals surface area (Å²) in [6, 6.07) is 15.7. The molecule has 0 fully saturated rings. The monoisotopic (exact) mass is 303 g/mol. The summed E-state index contributed by atoms with van der Waals surface area (Å²) in [5.74, 6) is 0. The number of benzene rings is 1. The number of aryl methyl sites for hydroxylation is 1. The summed E-state index contributed by atoms with van der Waals surface area (Å²) in [4.78, 5) is 4.44. The van der Waals surface area contributed by atoms with Crippen molar-refractivity contribution in [3.8, 4) is 22.6 Å². The van der Waals surface area contributed by atoms with Crippen molar-refractivity contribution in [3.63, 3.8) is 0 Å². The minimum atomic E-state index is -4.47. The minimum Gasteiger partial charge on any atom is -0.266 e. The smallest absolute Gasteiger partial charge is 0.266 e. The summed E-state index contributed by atoms with van der Waals surface area (Å²) in [6.07, 6.45) is -4.47. The number of hydrogen-bond donors (Lipinski definition) is 0. The lowest BCUT2D eigenvalue weighted by molar-refractivity contribution is -0.141. The first-order chi connectivity index (χ1) is 10.4. The van der Waals surface area contributed by atoms with Crippen LogP contribution in [0.1, 0.15) is 5.69 Å². The second-order valence-corrected chi connectivity index (χ2v) is 4.81. The van der Waals surface area contributed by atoms with Gasteiger partial charge in [-0.05, 0) is 18.2 Å². The largest absolute Gasteiger partial charge is 0.435 e. The molecule has 0 aliphatic rings. The molecular weight excluding hydrogens is 291 g/mol. The standard InChI is InChI=1S/C16H12F3N3/c1-22-14(10-15(21-22)16(17,18)19)13-9-5-8-12(20-13)11-6-3-2-4-7-11/h2-10H,1H3. The van der Waals surface area contributed by atoms with Gasteiger partial charge in [-0.3, -0.25) is 4.68 Å². The number of alkyl halides is 3. The fraction of sp³-hybridized carbons (Fsp3) is 0.125. The van der Waals surface area contributed by atoms with E-state index in [2.05, 4.69) is 10.1 Å². The molecule has 0 aliphatic carbocycles. The van der Waals surface area contributed by atoms with E-state index in [0.717, 1.165) is 11.6 Å². The molecule has 0 radical (unpaired) electrons. The first-order valence-corrected chi connectivity index (χ1v) is 6.59. The maximum absolute atomic E-state index is 12.7. The Morgan fingerprint density at radius 3 is 2.23 bits per heavy atom. The van der Waals surface area contributed by atoms with Crippen LogP contribution < -0.4 is 0 Å². The minimum absolute atomic E-state index is 0.324. The van der Waals surface area contributed by atoms with Gasteiger partial charge in [-0.2, -0.15) is 18.3 Å². The van der Waals surface area contributed by atoms with Crippen molar-refractivity contribution in [3.05, 3.63) is 60.3 Å². The molecule has 0 atom stereocenters. The Bertz CT molecular complexity index is 792. The number of pyridine rings is 1. The van der Waals surface area contributed by atoms with Gasteiger partial charge in [0.1, 0.15) is 0 Å². The normalized spacial score (nSPS) is 11.6. The zero-order chi connectivity index (χ0) is 15.7. The van der Waals surface area contributed by atoms with Crippen LogP contribution in [0.4, 0.5) is 13.2 Å². The molecule has 6 heteroatoms. The summed E-state index contributed by atoms with van der Waals surface area (Å²) in [5.41, 5.74) is 1.46. The fourth-order valence-electron chi connectivity index (χ4n) is 2.19. The first-order valence-electron chi connectivity index (χ1n) is 6.59. The van der Waals surface area contributed by atoms with Gasteiger partial charge in [0.2, 0.25) is 0 Å². The zero-order valence-corrected chi connectivity index (χ0v) is 11.7. The van der Waals surface area contributed by atoms with Gasteiger partial charge in [0, 0.05) is 12.6 Å². The maximum atomic E-state index is 12.7. The number of aromatic nitrogens is 3. The van der Waals surface area contributed by atoms with Crippen molar-refractivity contribution < 1.29 is 13.2 Å². The van der Waals surface area contributed by atoms with E-state index in [1.807, 2.05) is 36.4 Å². The van der Waals surface area contributed by atoms with E-state index in [4.69, 9.17) is 0 Å². The molecule has 2 aromatic heterocycles. The summed E-state index contributed by atoms with van der Waals surface area (Å²) >= 11 is 0. The Labute approximate surface area is 125 Å². The predicted octanol–water partition coefficient (Wildman–Crippen LogP) is 4.17. The average molecular weight is 303 g/mol. The van der Waals surface area contributed by atoms with E-state index in [9.17, 15) is 13.2 Å². The van der Waals surface area contributed by atoms with Crippen LogP contribution >= 0.6 is 0 Å². The molecule has 22 heavy (non-hydrogen) atoms. The number of rotatable bonds is 2. The van der Waals surface area contributed by atoms with Crippen LogP contribution in [0, 0.1) is 0 Å². The first kappa shape index (κ1) is 14.3. The number of halogens is 3. The van der Waals surface area contributed by atoms with Crippen LogP contribution in [0.3, 0.4) is 0 Å². The molecule has 1 aromatic carbocycles. The topological polar surface area (TPSA) is 30.7 Å².